The Hall–Kier alpha value is -2.87. The van der Waals surface area contributed by atoms with Gasteiger partial charge in [-0.2, -0.15) is 0 Å². The zero-order valence-corrected chi connectivity index (χ0v) is 17.3. The third kappa shape index (κ3) is 6.32. The van der Waals surface area contributed by atoms with Gasteiger partial charge in [0.05, 0.1) is 13.7 Å². The van der Waals surface area contributed by atoms with Crippen LogP contribution in [0.4, 0.5) is 5.95 Å². The smallest absolute Gasteiger partial charge is 0.225 e. The number of anilines is 1. The molecule has 3 rings (SSSR count). The summed E-state index contributed by atoms with van der Waals surface area (Å²) < 4.78 is 10.9. The minimum atomic E-state index is 0.613. The van der Waals surface area contributed by atoms with Gasteiger partial charge < -0.3 is 24.6 Å². The molecule has 1 aromatic heterocycles. The van der Waals surface area contributed by atoms with Gasteiger partial charge in [0.1, 0.15) is 5.75 Å². The highest BCUT2D eigenvalue weighted by molar-refractivity contribution is 5.80. The Bertz CT molecular complexity index is 746. The number of hydrogen-bond donors (Lipinski definition) is 1. The van der Waals surface area contributed by atoms with Crippen LogP contribution >= 0.6 is 0 Å². The number of aliphatic imine (C=N–C) groups is 1. The van der Waals surface area contributed by atoms with Crippen LogP contribution < -0.4 is 15.0 Å². The normalized spacial score (nSPS) is 14.8. The molecule has 0 bridgehead atoms. The van der Waals surface area contributed by atoms with E-state index in [9.17, 15) is 0 Å². The minimum Gasteiger partial charge on any atom is -0.497 e. The fraction of sp³-hybridized carbons (Fsp3) is 0.476. The summed E-state index contributed by atoms with van der Waals surface area (Å²) in [7, 11) is 3.50. The summed E-state index contributed by atoms with van der Waals surface area (Å²) >= 11 is 0. The SMILES string of the molecule is CN=C(NCCCOCc1ccc(OC)cc1)N1CCN(c2ncccn2)CC1. The highest BCUT2D eigenvalue weighted by Crippen LogP contribution is 2.12. The zero-order chi connectivity index (χ0) is 20.3. The van der Waals surface area contributed by atoms with E-state index in [1.165, 1.54) is 0 Å². The van der Waals surface area contributed by atoms with E-state index < -0.39 is 0 Å². The molecule has 1 aromatic carbocycles. The molecule has 0 aliphatic carbocycles. The van der Waals surface area contributed by atoms with E-state index in [1.54, 1.807) is 19.5 Å². The molecule has 1 aliphatic rings. The Kier molecular flexibility index (Phi) is 8.06. The predicted octanol–water partition coefficient (Wildman–Crippen LogP) is 1.79. The van der Waals surface area contributed by atoms with Gasteiger partial charge in [-0.25, -0.2) is 9.97 Å². The molecule has 8 heteroatoms. The second-order valence-corrected chi connectivity index (χ2v) is 6.75. The first kappa shape index (κ1) is 20.9. The molecule has 0 spiro atoms. The van der Waals surface area contributed by atoms with E-state index in [2.05, 4.69) is 30.1 Å². The van der Waals surface area contributed by atoms with E-state index in [-0.39, 0.29) is 0 Å². The summed E-state index contributed by atoms with van der Waals surface area (Å²) in [6.45, 7) is 5.71. The molecule has 0 atom stereocenters. The summed E-state index contributed by atoms with van der Waals surface area (Å²) in [6, 6.07) is 9.80. The predicted molar refractivity (Wildman–Crippen MR) is 114 cm³/mol. The molecule has 0 saturated carbocycles. The summed E-state index contributed by atoms with van der Waals surface area (Å²) in [5.41, 5.74) is 1.15. The number of aromatic nitrogens is 2. The van der Waals surface area contributed by atoms with Crippen LogP contribution in [-0.2, 0) is 11.3 Å². The maximum atomic E-state index is 5.76. The average molecular weight is 399 g/mol. The van der Waals surface area contributed by atoms with Crippen LogP contribution in [0.3, 0.4) is 0 Å². The van der Waals surface area contributed by atoms with Gasteiger partial charge in [-0.05, 0) is 30.2 Å². The van der Waals surface area contributed by atoms with Gasteiger partial charge in [0.2, 0.25) is 5.95 Å². The molecular weight excluding hydrogens is 368 g/mol. The summed E-state index contributed by atoms with van der Waals surface area (Å²) in [5, 5.41) is 3.44. The van der Waals surface area contributed by atoms with Crippen molar-refractivity contribution >= 4 is 11.9 Å². The van der Waals surface area contributed by atoms with Crippen molar-refractivity contribution in [2.45, 2.75) is 13.0 Å². The monoisotopic (exact) mass is 398 g/mol. The van der Waals surface area contributed by atoms with Crippen molar-refractivity contribution in [2.75, 3.05) is 58.4 Å². The lowest BCUT2D eigenvalue weighted by Crippen LogP contribution is -2.53. The first-order chi connectivity index (χ1) is 14.3. The number of benzene rings is 1. The lowest BCUT2D eigenvalue weighted by molar-refractivity contribution is 0.119. The van der Waals surface area contributed by atoms with Gasteiger partial charge in [-0.15, -0.1) is 0 Å². The topological polar surface area (TPSA) is 75.1 Å². The molecule has 8 nitrogen and oxygen atoms in total. The molecule has 0 amide bonds. The molecule has 1 N–H and O–H groups in total. The molecule has 2 aromatic rings. The highest BCUT2D eigenvalue weighted by Gasteiger charge is 2.20. The molecule has 1 aliphatic heterocycles. The van der Waals surface area contributed by atoms with Crippen LogP contribution in [0.2, 0.25) is 0 Å². The number of nitrogens with zero attached hydrogens (tertiary/aromatic N) is 5. The van der Waals surface area contributed by atoms with Gasteiger partial charge in [-0.3, -0.25) is 4.99 Å². The Morgan fingerprint density at radius 2 is 1.83 bits per heavy atom. The lowest BCUT2D eigenvalue weighted by Gasteiger charge is -2.36. The summed E-state index contributed by atoms with van der Waals surface area (Å²) in [5.74, 6) is 2.60. The van der Waals surface area contributed by atoms with Crippen molar-refractivity contribution in [3.05, 3.63) is 48.3 Å². The first-order valence-electron chi connectivity index (χ1n) is 9.98. The Balaban J connectivity index is 1.31. The van der Waals surface area contributed by atoms with Crippen molar-refractivity contribution < 1.29 is 9.47 Å². The van der Waals surface area contributed by atoms with Crippen molar-refractivity contribution in [3.8, 4) is 5.75 Å². The Morgan fingerprint density at radius 3 is 2.48 bits per heavy atom. The van der Waals surface area contributed by atoms with Crippen LogP contribution in [0.15, 0.2) is 47.7 Å². The molecule has 156 valence electrons. The van der Waals surface area contributed by atoms with E-state index in [0.29, 0.717) is 13.2 Å². The lowest BCUT2D eigenvalue weighted by atomic mass is 10.2. The van der Waals surface area contributed by atoms with Crippen LogP contribution in [0.25, 0.3) is 0 Å². The maximum absolute atomic E-state index is 5.76. The van der Waals surface area contributed by atoms with Crippen molar-refractivity contribution in [2.24, 2.45) is 4.99 Å². The van der Waals surface area contributed by atoms with Gasteiger partial charge in [-0.1, -0.05) is 12.1 Å². The number of guanidine groups is 1. The standard InChI is InChI=1S/C21H30N6O2/c1-22-20(26-12-14-27(15-13-26)21-24-9-3-10-25-21)23-11-4-16-29-17-18-5-7-19(28-2)8-6-18/h3,5-10H,4,11-17H2,1-2H3,(H,22,23). The molecule has 1 saturated heterocycles. The van der Waals surface area contributed by atoms with Gasteiger partial charge >= 0.3 is 0 Å². The fourth-order valence-corrected chi connectivity index (χ4v) is 3.19. The molecule has 0 unspecified atom stereocenters. The van der Waals surface area contributed by atoms with Crippen LogP contribution in [0, 0.1) is 0 Å². The maximum Gasteiger partial charge on any atom is 0.225 e. The number of hydrogen-bond acceptors (Lipinski definition) is 6. The van der Waals surface area contributed by atoms with Crippen LogP contribution in [0.5, 0.6) is 5.75 Å². The third-order valence-corrected chi connectivity index (χ3v) is 4.80. The van der Waals surface area contributed by atoms with Crippen molar-refractivity contribution in [1.29, 1.82) is 0 Å². The fourth-order valence-electron chi connectivity index (χ4n) is 3.19. The molecule has 29 heavy (non-hydrogen) atoms. The molecule has 2 heterocycles. The zero-order valence-electron chi connectivity index (χ0n) is 17.3. The second-order valence-electron chi connectivity index (χ2n) is 6.75. The number of methoxy groups -OCH3 is 1. The number of nitrogens with one attached hydrogen (secondary N) is 1. The van der Waals surface area contributed by atoms with Crippen molar-refractivity contribution in [3.63, 3.8) is 0 Å². The van der Waals surface area contributed by atoms with E-state index in [4.69, 9.17) is 9.47 Å². The average Bonchev–Trinajstić information content (AvgIpc) is 2.80. The number of rotatable bonds is 8. The largest absolute Gasteiger partial charge is 0.497 e. The van der Waals surface area contributed by atoms with E-state index in [1.807, 2.05) is 37.4 Å². The quantitative estimate of drug-likeness (QED) is 0.413. The minimum absolute atomic E-state index is 0.613. The van der Waals surface area contributed by atoms with E-state index >= 15 is 0 Å². The Labute approximate surface area is 172 Å². The summed E-state index contributed by atoms with van der Waals surface area (Å²) in [6.07, 6.45) is 4.49. The molecular formula is C21H30N6O2. The second kappa shape index (κ2) is 11.2. The van der Waals surface area contributed by atoms with Gasteiger partial charge in [0.15, 0.2) is 5.96 Å². The first-order valence-corrected chi connectivity index (χ1v) is 9.98. The van der Waals surface area contributed by atoms with Gasteiger partial charge in [0.25, 0.3) is 0 Å². The highest BCUT2D eigenvalue weighted by atomic mass is 16.5. The van der Waals surface area contributed by atoms with Gasteiger partial charge in [0, 0.05) is 58.8 Å². The molecule has 0 radical (unpaired) electrons. The number of piperazine rings is 1. The van der Waals surface area contributed by atoms with E-state index in [0.717, 1.165) is 62.4 Å². The number of ether oxygens (including phenoxy) is 2. The third-order valence-electron chi connectivity index (χ3n) is 4.80. The summed E-state index contributed by atoms with van der Waals surface area (Å²) in [4.78, 5) is 17.6. The van der Waals surface area contributed by atoms with Crippen molar-refractivity contribution in [1.82, 2.24) is 20.2 Å². The van der Waals surface area contributed by atoms with Crippen LogP contribution in [-0.4, -0.2) is 74.3 Å². The molecule has 1 fully saturated rings. The Morgan fingerprint density at radius 1 is 1.10 bits per heavy atom. The van der Waals surface area contributed by atoms with Crippen LogP contribution in [0.1, 0.15) is 12.0 Å².